The molecule has 0 heteroatoms. The molecule has 0 atom stereocenters. The Morgan fingerprint density at radius 3 is 1.74 bits per heavy atom. The summed E-state index contributed by atoms with van der Waals surface area (Å²) in [5.74, 6) is 0. The van der Waals surface area contributed by atoms with Gasteiger partial charge in [0.15, 0.2) is 0 Å². The highest BCUT2D eigenvalue weighted by atomic mass is 14.4. The van der Waals surface area contributed by atoms with Crippen LogP contribution in [0.5, 0.6) is 0 Å². The molecule has 0 spiro atoms. The molecular weight excluding hydrogens is 276 g/mol. The quantitative estimate of drug-likeness (QED) is 0.538. The largest absolute Gasteiger partial charge is 0.0654 e. The Morgan fingerprint density at radius 1 is 0.652 bits per heavy atom. The maximum absolute atomic E-state index is 2.33. The minimum atomic E-state index is 0.00442. The molecule has 3 aromatic carbocycles. The predicted molar refractivity (Wildman–Crippen MR) is 97.7 cm³/mol. The summed E-state index contributed by atoms with van der Waals surface area (Å²) < 4.78 is 0. The molecule has 0 amide bonds. The summed E-state index contributed by atoms with van der Waals surface area (Å²) in [4.78, 5) is 0. The third-order valence-electron chi connectivity index (χ3n) is 5.24. The number of benzene rings is 3. The molecule has 0 heterocycles. The van der Waals surface area contributed by atoms with Crippen molar-refractivity contribution in [2.75, 3.05) is 0 Å². The maximum atomic E-state index is 2.33. The van der Waals surface area contributed by atoms with Gasteiger partial charge >= 0.3 is 0 Å². The normalized spacial score (nSPS) is 14.3. The van der Waals surface area contributed by atoms with Crippen LogP contribution in [0.25, 0.3) is 11.1 Å². The molecule has 23 heavy (non-hydrogen) atoms. The number of fused-ring (bicyclic) bond motifs is 3. The summed E-state index contributed by atoms with van der Waals surface area (Å²) in [5, 5.41) is 0. The lowest BCUT2D eigenvalue weighted by Gasteiger charge is -2.33. The Labute approximate surface area is 138 Å². The van der Waals surface area contributed by atoms with Crippen molar-refractivity contribution in [1.29, 1.82) is 0 Å². The molecule has 0 aromatic heterocycles. The molecule has 0 unspecified atom stereocenters. The number of unbranched alkanes of at least 4 members (excludes halogenated alkanes) is 1. The van der Waals surface area contributed by atoms with Gasteiger partial charge in [0.1, 0.15) is 0 Å². The van der Waals surface area contributed by atoms with Gasteiger partial charge in [-0.1, -0.05) is 98.6 Å². The molecule has 0 N–H and O–H groups in total. The molecule has 0 fully saturated rings. The van der Waals surface area contributed by atoms with Gasteiger partial charge in [0.25, 0.3) is 0 Å². The highest BCUT2D eigenvalue weighted by Gasteiger charge is 2.43. The zero-order chi connectivity index (χ0) is 15.7. The summed E-state index contributed by atoms with van der Waals surface area (Å²) in [5.41, 5.74) is 7.18. The van der Waals surface area contributed by atoms with Crippen molar-refractivity contribution in [2.45, 2.75) is 31.6 Å². The Kier molecular flexibility index (Phi) is 3.53. The maximum Gasteiger partial charge on any atom is 0.0463 e. The van der Waals surface area contributed by atoms with E-state index in [1.807, 2.05) is 0 Å². The van der Waals surface area contributed by atoms with Crippen molar-refractivity contribution < 1.29 is 0 Å². The van der Waals surface area contributed by atoms with Crippen molar-refractivity contribution in [3.63, 3.8) is 0 Å². The van der Waals surface area contributed by atoms with Crippen LogP contribution in [0.3, 0.4) is 0 Å². The third-order valence-corrected chi connectivity index (χ3v) is 5.24. The molecule has 4 rings (SSSR count). The third kappa shape index (κ3) is 2.05. The van der Waals surface area contributed by atoms with Gasteiger partial charge in [-0.15, -0.1) is 0 Å². The molecule has 0 saturated carbocycles. The molecule has 114 valence electrons. The minimum Gasteiger partial charge on any atom is -0.0654 e. The van der Waals surface area contributed by atoms with Gasteiger partial charge in [0, 0.05) is 5.41 Å². The average Bonchev–Trinajstić information content (AvgIpc) is 2.92. The fourth-order valence-corrected chi connectivity index (χ4v) is 4.21. The lowest BCUT2D eigenvalue weighted by atomic mass is 9.69. The van der Waals surface area contributed by atoms with Gasteiger partial charge in [-0.05, 0) is 34.2 Å². The second kappa shape index (κ2) is 5.70. The Balaban J connectivity index is 2.05. The Morgan fingerprint density at radius 2 is 1.17 bits per heavy atom. The topological polar surface area (TPSA) is 0 Å². The first-order chi connectivity index (χ1) is 11.4. The smallest absolute Gasteiger partial charge is 0.0463 e. The summed E-state index contributed by atoms with van der Waals surface area (Å²) in [7, 11) is 0. The van der Waals surface area contributed by atoms with E-state index < -0.39 is 0 Å². The van der Waals surface area contributed by atoms with Gasteiger partial charge in [0.05, 0.1) is 0 Å². The Bertz CT molecular complexity index is 769. The molecule has 0 saturated heterocycles. The van der Waals surface area contributed by atoms with Crippen LogP contribution in [-0.2, 0) is 5.41 Å². The Hall–Kier alpha value is -2.34. The van der Waals surface area contributed by atoms with E-state index >= 15 is 0 Å². The lowest BCUT2D eigenvalue weighted by Crippen LogP contribution is -2.26. The number of hydrogen-bond donors (Lipinski definition) is 0. The van der Waals surface area contributed by atoms with Crippen molar-refractivity contribution in [1.82, 2.24) is 0 Å². The first kappa shape index (κ1) is 14.3. The average molecular weight is 298 g/mol. The summed E-state index contributed by atoms with van der Waals surface area (Å²) in [6.07, 6.45) is 3.62. The van der Waals surface area contributed by atoms with E-state index in [1.165, 1.54) is 47.1 Å². The summed E-state index contributed by atoms with van der Waals surface area (Å²) in [6, 6.07) is 29.0. The highest BCUT2D eigenvalue weighted by Crippen LogP contribution is 2.54. The van der Waals surface area contributed by atoms with Crippen molar-refractivity contribution in [2.24, 2.45) is 0 Å². The van der Waals surface area contributed by atoms with Crippen molar-refractivity contribution >= 4 is 0 Å². The second-order valence-corrected chi connectivity index (χ2v) is 6.47. The second-order valence-electron chi connectivity index (χ2n) is 6.47. The molecular formula is C23H22. The van der Waals surface area contributed by atoms with E-state index in [4.69, 9.17) is 0 Å². The fraction of sp³-hybridized carbons (Fsp3) is 0.217. The number of rotatable bonds is 4. The summed E-state index contributed by atoms with van der Waals surface area (Å²) >= 11 is 0. The monoisotopic (exact) mass is 298 g/mol. The lowest BCUT2D eigenvalue weighted by molar-refractivity contribution is 0.538. The zero-order valence-corrected chi connectivity index (χ0v) is 13.6. The minimum absolute atomic E-state index is 0.00442. The van der Waals surface area contributed by atoms with E-state index in [0.717, 1.165) is 0 Å². The van der Waals surface area contributed by atoms with Crippen LogP contribution in [-0.4, -0.2) is 0 Å². The SMILES string of the molecule is CCCCC1(c2ccccc2)c2ccccc2-c2ccccc21. The molecule has 1 aliphatic rings. The van der Waals surface area contributed by atoms with Crippen LogP contribution in [0.4, 0.5) is 0 Å². The summed E-state index contributed by atoms with van der Waals surface area (Å²) in [6.45, 7) is 2.28. The fourth-order valence-electron chi connectivity index (χ4n) is 4.21. The van der Waals surface area contributed by atoms with Crippen LogP contribution in [0.15, 0.2) is 78.9 Å². The first-order valence-corrected chi connectivity index (χ1v) is 8.63. The van der Waals surface area contributed by atoms with E-state index in [0.29, 0.717) is 0 Å². The van der Waals surface area contributed by atoms with Crippen LogP contribution in [0.2, 0.25) is 0 Å². The predicted octanol–water partition coefficient (Wildman–Crippen LogP) is 6.19. The van der Waals surface area contributed by atoms with Gasteiger partial charge in [0.2, 0.25) is 0 Å². The van der Waals surface area contributed by atoms with E-state index in [2.05, 4.69) is 85.8 Å². The molecule has 1 aliphatic carbocycles. The highest BCUT2D eigenvalue weighted by molar-refractivity contribution is 5.83. The molecule has 0 aliphatic heterocycles. The van der Waals surface area contributed by atoms with Crippen molar-refractivity contribution in [3.8, 4) is 11.1 Å². The molecule has 3 aromatic rings. The van der Waals surface area contributed by atoms with Gasteiger partial charge < -0.3 is 0 Å². The van der Waals surface area contributed by atoms with Crippen LogP contribution in [0, 0.1) is 0 Å². The molecule has 0 bridgehead atoms. The van der Waals surface area contributed by atoms with Gasteiger partial charge in [-0.3, -0.25) is 0 Å². The standard InChI is InChI=1S/C23H22/c1-2-3-17-23(18-11-5-4-6-12-18)21-15-9-7-13-19(21)20-14-8-10-16-22(20)23/h4-16H,2-3,17H2,1H3. The van der Waals surface area contributed by atoms with Crippen LogP contribution >= 0.6 is 0 Å². The van der Waals surface area contributed by atoms with Gasteiger partial charge in [-0.25, -0.2) is 0 Å². The van der Waals surface area contributed by atoms with Gasteiger partial charge in [-0.2, -0.15) is 0 Å². The first-order valence-electron chi connectivity index (χ1n) is 8.63. The van der Waals surface area contributed by atoms with Crippen molar-refractivity contribution in [3.05, 3.63) is 95.6 Å². The van der Waals surface area contributed by atoms with E-state index in [1.54, 1.807) is 0 Å². The van der Waals surface area contributed by atoms with Crippen LogP contribution < -0.4 is 0 Å². The molecule has 0 nitrogen and oxygen atoms in total. The molecule has 0 radical (unpaired) electrons. The van der Waals surface area contributed by atoms with E-state index in [-0.39, 0.29) is 5.41 Å². The zero-order valence-electron chi connectivity index (χ0n) is 13.6. The van der Waals surface area contributed by atoms with Crippen LogP contribution in [0.1, 0.15) is 42.9 Å². The van der Waals surface area contributed by atoms with E-state index in [9.17, 15) is 0 Å². The number of hydrogen-bond acceptors (Lipinski definition) is 0.